The van der Waals surface area contributed by atoms with E-state index in [1.807, 2.05) is 0 Å². The fourth-order valence-electron chi connectivity index (χ4n) is 0.763. The summed E-state index contributed by atoms with van der Waals surface area (Å²) in [7, 11) is 0. The highest BCUT2D eigenvalue weighted by Gasteiger charge is 2.17. The van der Waals surface area contributed by atoms with Crippen LogP contribution in [0.3, 0.4) is 0 Å². The van der Waals surface area contributed by atoms with Crippen molar-refractivity contribution in [3.8, 4) is 0 Å². The van der Waals surface area contributed by atoms with E-state index in [9.17, 15) is 0 Å². The summed E-state index contributed by atoms with van der Waals surface area (Å²) in [6.07, 6.45) is 0.327. The average molecular weight is 200 g/mol. The van der Waals surface area contributed by atoms with Crippen LogP contribution in [0.1, 0.15) is 6.42 Å². The first-order chi connectivity index (χ1) is 5.52. The molecule has 0 aliphatic carbocycles. The minimum absolute atomic E-state index is 0.0127. The molecule has 0 radical (unpaired) electrons. The zero-order chi connectivity index (χ0) is 9.56. The third kappa shape index (κ3) is 7.52. The Morgan fingerprint density at radius 1 is 1.58 bits per heavy atom. The van der Waals surface area contributed by atoms with Gasteiger partial charge in [-0.1, -0.05) is 0 Å². The molecule has 0 aromatic heterocycles. The molecule has 6 nitrogen and oxygen atoms in total. The molecule has 0 saturated carbocycles. The number of aliphatic hydroxyl groups excluding tert-OH is 1. The molecule has 1 heterocycles. The van der Waals surface area contributed by atoms with Crippen molar-refractivity contribution in [3.05, 3.63) is 10.1 Å². The van der Waals surface area contributed by atoms with Crippen LogP contribution in [0.4, 0.5) is 0 Å². The number of hydrogen-bond acceptors (Lipinski definition) is 4. The van der Waals surface area contributed by atoms with Crippen molar-refractivity contribution < 1.29 is 20.1 Å². The van der Waals surface area contributed by atoms with E-state index < -0.39 is 5.09 Å². The van der Waals surface area contributed by atoms with Crippen LogP contribution in [0, 0.1) is 10.1 Å². The van der Waals surface area contributed by atoms with Gasteiger partial charge in [0.1, 0.15) is 0 Å². The number of hydrogen-bond donors (Lipinski definition) is 2. The SMILES string of the molecule is O=[N+]([O-])O.OC1COCC(Cl)C1. The Morgan fingerprint density at radius 2 is 2.08 bits per heavy atom. The number of alkyl halides is 1. The lowest BCUT2D eigenvalue weighted by Crippen LogP contribution is -2.29. The van der Waals surface area contributed by atoms with Gasteiger partial charge in [-0.15, -0.1) is 21.7 Å². The lowest BCUT2D eigenvalue weighted by Gasteiger charge is -2.20. The third-order valence-electron chi connectivity index (χ3n) is 1.14. The van der Waals surface area contributed by atoms with Gasteiger partial charge in [0.25, 0.3) is 5.09 Å². The Labute approximate surface area is 73.8 Å². The van der Waals surface area contributed by atoms with Crippen molar-refractivity contribution in [2.75, 3.05) is 13.2 Å². The minimum Gasteiger partial charge on any atom is -0.391 e. The van der Waals surface area contributed by atoms with E-state index in [4.69, 9.17) is 36.8 Å². The van der Waals surface area contributed by atoms with Crippen LogP contribution in [0.2, 0.25) is 0 Å². The molecule has 0 bridgehead atoms. The summed E-state index contributed by atoms with van der Waals surface area (Å²) in [6, 6.07) is 0. The summed E-state index contributed by atoms with van der Waals surface area (Å²) in [5.41, 5.74) is 0. The van der Waals surface area contributed by atoms with E-state index in [0.29, 0.717) is 19.6 Å². The van der Waals surface area contributed by atoms with E-state index in [-0.39, 0.29) is 11.5 Å². The second-order valence-corrected chi connectivity index (χ2v) is 2.88. The summed E-state index contributed by atoms with van der Waals surface area (Å²) in [5, 5.41) is 22.5. The summed E-state index contributed by atoms with van der Waals surface area (Å²) in [6.45, 7) is 1.03. The number of ether oxygens (including phenoxy) is 1. The van der Waals surface area contributed by atoms with Crippen molar-refractivity contribution in [2.24, 2.45) is 0 Å². The number of halogens is 1. The van der Waals surface area contributed by atoms with Gasteiger partial charge in [-0.3, -0.25) is 0 Å². The summed E-state index contributed by atoms with van der Waals surface area (Å²) in [4.78, 5) is 8.36. The van der Waals surface area contributed by atoms with Gasteiger partial charge in [-0.2, -0.15) is 0 Å². The van der Waals surface area contributed by atoms with Crippen LogP contribution in [-0.4, -0.2) is 40.1 Å². The molecular weight excluding hydrogens is 190 g/mol. The topological polar surface area (TPSA) is 92.8 Å². The Balaban J connectivity index is 0.000000261. The van der Waals surface area contributed by atoms with Crippen molar-refractivity contribution in [2.45, 2.75) is 17.9 Å². The lowest BCUT2D eigenvalue weighted by atomic mass is 10.2. The molecule has 0 spiro atoms. The standard InChI is InChI=1S/C5H9ClO2.HNO3/c6-4-1-5(7)3-8-2-4;2-1(3)4/h4-5,7H,1-3H2;(H,2,3,4). The van der Waals surface area contributed by atoms with Crippen molar-refractivity contribution >= 4 is 11.6 Å². The van der Waals surface area contributed by atoms with Crippen LogP contribution in [-0.2, 0) is 4.74 Å². The molecule has 2 atom stereocenters. The van der Waals surface area contributed by atoms with Gasteiger partial charge >= 0.3 is 0 Å². The van der Waals surface area contributed by atoms with E-state index in [1.54, 1.807) is 0 Å². The fraction of sp³-hybridized carbons (Fsp3) is 1.00. The van der Waals surface area contributed by atoms with Gasteiger partial charge in [0, 0.05) is 0 Å². The molecule has 0 amide bonds. The maximum absolute atomic E-state index is 8.87. The van der Waals surface area contributed by atoms with Gasteiger partial charge in [0.05, 0.1) is 24.7 Å². The third-order valence-corrected chi connectivity index (χ3v) is 1.44. The smallest absolute Gasteiger partial charge is 0.291 e. The Hall–Kier alpha value is -0.590. The Bertz CT molecular complexity index is 132. The second kappa shape index (κ2) is 5.99. The molecule has 0 aromatic rings. The van der Waals surface area contributed by atoms with Gasteiger partial charge < -0.3 is 15.1 Å². The zero-order valence-corrected chi connectivity index (χ0v) is 6.98. The van der Waals surface area contributed by atoms with E-state index in [0.717, 1.165) is 0 Å². The van der Waals surface area contributed by atoms with Crippen LogP contribution >= 0.6 is 11.6 Å². The summed E-state index contributed by atoms with van der Waals surface area (Å²) in [5.74, 6) is 0. The highest BCUT2D eigenvalue weighted by atomic mass is 35.5. The number of aliphatic hydroxyl groups is 1. The van der Waals surface area contributed by atoms with Crippen LogP contribution in [0.5, 0.6) is 0 Å². The maximum atomic E-state index is 8.87. The number of nitrogens with zero attached hydrogens (tertiary/aromatic N) is 1. The van der Waals surface area contributed by atoms with Gasteiger partial charge in [0.15, 0.2) is 0 Å². The highest BCUT2D eigenvalue weighted by molar-refractivity contribution is 6.20. The maximum Gasteiger partial charge on any atom is 0.291 e. The van der Waals surface area contributed by atoms with E-state index in [2.05, 4.69) is 0 Å². The minimum atomic E-state index is -1.50. The van der Waals surface area contributed by atoms with Gasteiger partial charge in [-0.25, -0.2) is 0 Å². The summed E-state index contributed by atoms with van der Waals surface area (Å²) >= 11 is 5.63. The van der Waals surface area contributed by atoms with E-state index >= 15 is 0 Å². The largest absolute Gasteiger partial charge is 0.391 e. The first-order valence-electron chi connectivity index (χ1n) is 3.25. The molecule has 2 N–H and O–H groups in total. The van der Waals surface area contributed by atoms with Crippen LogP contribution in [0.15, 0.2) is 0 Å². The molecule has 1 saturated heterocycles. The van der Waals surface area contributed by atoms with Crippen molar-refractivity contribution in [1.82, 2.24) is 0 Å². The Kier molecular flexibility index (Phi) is 5.69. The first kappa shape index (κ1) is 11.4. The molecule has 0 aromatic carbocycles. The van der Waals surface area contributed by atoms with Gasteiger partial charge in [0.2, 0.25) is 0 Å². The highest BCUT2D eigenvalue weighted by Crippen LogP contribution is 2.11. The van der Waals surface area contributed by atoms with Crippen molar-refractivity contribution in [1.29, 1.82) is 0 Å². The van der Waals surface area contributed by atoms with E-state index in [1.165, 1.54) is 0 Å². The lowest BCUT2D eigenvalue weighted by molar-refractivity contribution is -0.742. The molecule has 1 aliphatic heterocycles. The van der Waals surface area contributed by atoms with Crippen molar-refractivity contribution in [3.63, 3.8) is 0 Å². The molecule has 7 heteroatoms. The first-order valence-corrected chi connectivity index (χ1v) is 3.69. The normalized spacial score (nSPS) is 28.5. The quantitative estimate of drug-likeness (QED) is 0.326. The fourth-order valence-corrected chi connectivity index (χ4v) is 1.06. The predicted octanol–water partition coefficient (Wildman–Crippen LogP) is 0.0273. The zero-order valence-electron chi connectivity index (χ0n) is 6.22. The van der Waals surface area contributed by atoms with Crippen LogP contribution < -0.4 is 0 Å². The molecule has 1 rings (SSSR count). The number of rotatable bonds is 0. The molecular formula is C5H10ClNO5. The second-order valence-electron chi connectivity index (χ2n) is 2.26. The molecule has 72 valence electrons. The molecule has 1 fully saturated rings. The monoisotopic (exact) mass is 199 g/mol. The molecule has 12 heavy (non-hydrogen) atoms. The van der Waals surface area contributed by atoms with Crippen LogP contribution in [0.25, 0.3) is 0 Å². The summed E-state index contributed by atoms with van der Waals surface area (Å²) < 4.78 is 4.91. The molecule has 1 aliphatic rings. The Morgan fingerprint density at radius 3 is 2.33 bits per heavy atom. The average Bonchev–Trinajstić information content (AvgIpc) is 1.84. The predicted molar refractivity (Wildman–Crippen MR) is 39.9 cm³/mol. The molecule has 2 unspecified atom stereocenters. The van der Waals surface area contributed by atoms with Gasteiger partial charge in [-0.05, 0) is 6.42 Å².